The fraction of sp³-hybridized carbons (Fsp3) is 0.118. The number of anilines is 1. The molecule has 1 aromatic heterocycles. The number of halogens is 1. The van der Waals surface area contributed by atoms with E-state index in [1.807, 2.05) is 0 Å². The Kier molecular flexibility index (Phi) is 4.22. The summed E-state index contributed by atoms with van der Waals surface area (Å²) in [7, 11) is -2.75. The Balaban J connectivity index is 2.04. The van der Waals surface area contributed by atoms with Gasteiger partial charge >= 0.3 is 0 Å². The molecule has 0 aliphatic carbocycles. The van der Waals surface area contributed by atoms with Crippen LogP contribution in [0, 0.1) is 12.7 Å². The maximum absolute atomic E-state index is 13.5. The minimum Gasteiger partial charge on any atom is -0.495 e. The number of aromatic amines is 1. The van der Waals surface area contributed by atoms with Gasteiger partial charge in [-0.15, -0.1) is 0 Å². The predicted octanol–water partition coefficient (Wildman–Crippen LogP) is 2.79. The van der Waals surface area contributed by atoms with Crippen molar-refractivity contribution in [3.8, 4) is 5.75 Å². The van der Waals surface area contributed by atoms with Gasteiger partial charge in [0.1, 0.15) is 16.5 Å². The van der Waals surface area contributed by atoms with Crippen LogP contribution in [0.2, 0.25) is 0 Å². The van der Waals surface area contributed by atoms with Gasteiger partial charge in [-0.2, -0.15) is 0 Å². The molecule has 0 saturated heterocycles. The molecule has 0 bridgehead atoms. The van der Waals surface area contributed by atoms with Gasteiger partial charge in [-0.25, -0.2) is 12.8 Å². The van der Waals surface area contributed by atoms with Crippen LogP contribution in [0.3, 0.4) is 0 Å². The van der Waals surface area contributed by atoms with Crippen molar-refractivity contribution in [2.45, 2.75) is 11.8 Å². The molecule has 0 unspecified atom stereocenters. The number of hydrogen-bond acceptors (Lipinski definition) is 4. The minimum atomic E-state index is -4.05. The van der Waals surface area contributed by atoms with Crippen LogP contribution in [0.1, 0.15) is 5.56 Å². The number of rotatable bonds is 4. The number of aromatic nitrogens is 1. The van der Waals surface area contributed by atoms with Crippen molar-refractivity contribution in [3.05, 3.63) is 64.2 Å². The Labute approximate surface area is 143 Å². The van der Waals surface area contributed by atoms with Gasteiger partial charge in [0.2, 0.25) is 0 Å². The highest BCUT2D eigenvalue weighted by molar-refractivity contribution is 7.92. The lowest BCUT2D eigenvalue weighted by Gasteiger charge is -2.12. The van der Waals surface area contributed by atoms with Gasteiger partial charge in [0.15, 0.2) is 0 Å². The van der Waals surface area contributed by atoms with Crippen molar-refractivity contribution in [2.24, 2.45) is 0 Å². The third kappa shape index (κ3) is 3.34. The molecule has 130 valence electrons. The Morgan fingerprint density at radius 3 is 2.60 bits per heavy atom. The number of hydrogen-bond donors (Lipinski definition) is 2. The number of pyridine rings is 1. The average molecular weight is 362 g/mol. The van der Waals surface area contributed by atoms with Crippen molar-refractivity contribution in [1.29, 1.82) is 0 Å². The van der Waals surface area contributed by atoms with Crippen LogP contribution in [-0.2, 0) is 10.0 Å². The van der Waals surface area contributed by atoms with Crippen molar-refractivity contribution < 1.29 is 17.5 Å². The number of aryl methyl sites for hydroxylation is 1. The lowest BCUT2D eigenvalue weighted by atomic mass is 10.1. The van der Waals surface area contributed by atoms with Crippen LogP contribution >= 0.6 is 0 Å². The first-order valence-corrected chi connectivity index (χ1v) is 8.78. The Bertz CT molecular complexity index is 1120. The van der Waals surface area contributed by atoms with Crippen LogP contribution < -0.4 is 15.0 Å². The molecule has 25 heavy (non-hydrogen) atoms. The molecule has 0 atom stereocenters. The number of sulfonamides is 1. The van der Waals surface area contributed by atoms with Crippen LogP contribution in [0.25, 0.3) is 10.9 Å². The fourth-order valence-electron chi connectivity index (χ4n) is 2.45. The first-order chi connectivity index (χ1) is 11.8. The predicted molar refractivity (Wildman–Crippen MR) is 93.1 cm³/mol. The summed E-state index contributed by atoms with van der Waals surface area (Å²) >= 11 is 0. The van der Waals surface area contributed by atoms with E-state index in [9.17, 15) is 17.6 Å². The summed E-state index contributed by atoms with van der Waals surface area (Å²) in [5.74, 6) is -0.650. The molecule has 0 amide bonds. The molecule has 8 heteroatoms. The summed E-state index contributed by atoms with van der Waals surface area (Å²) < 4.78 is 46.0. The molecule has 1 heterocycles. The summed E-state index contributed by atoms with van der Waals surface area (Å²) in [5, 5.41) is 0.670. The molecule has 0 fully saturated rings. The van der Waals surface area contributed by atoms with Crippen LogP contribution in [0.5, 0.6) is 5.75 Å². The smallest absolute Gasteiger partial charge is 0.265 e. The van der Waals surface area contributed by atoms with Crippen molar-refractivity contribution in [2.75, 3.05) is 11.8 Å². The van der Waals surface area contributed by atoms with Crippen molar-refractivity contribution >= 4 is 26.6 Å². The Morgan fingerprint density at radius 2 is 1.88 bits per heavy atom. The van der Waals surface area contributed by atoms with Crippen molar-refractivity contribution in [3.63, 3.8) is 0 Å². The maximum Gasteiger partial charge on any atom is 0.265 e. The molecule has 3 rings (SSSR count). The number of fused-ring (bicyclic) bond motifs is 1. The number of ether oxygens (including phenoxy) is 1. The number of nitrogens with one attached hydrogen (secondary N) is 2. The molecule has 0 saturated carbocycles. The van der Waals surface area contributed by atoms with Gasteiger partial charge in [0.25, 0.3) is 15.6 Å². The zero-order valence-corrected chi connectivity index (χ0v) is 14.3. The highest BCUT2D eigenvalue weighted by atomic mass is 32.2. The van der Waals surface area contributed by atoms with E-state index in [2.05, 4.69) is 9.71 Å². The number of methoxy groups -OCH3 is 1. The molecular weight excluding hydrogens is 347 g/mol. The highest BCUT2D eigenvalue weighted by Crippen LogP contribution is 2.27. The Morgan fingerprint density at radius 1 is 1.12 bits per heavy atom. The van der Waals surface area contributed by atoms with Gasteiger partial charge in [0, 0.05) is 22.2 Å². The lowest BCUT2D eigenvalue weighted by Crippen LogP contribution is -2.14. The minimum absolute atomic E-state index is 0.0369. The van der Waals surface area contributed by atoms with E-state index in [0.29, 0.717) is 16.5 Å². The van der Waals surface area contributed by atoms with Gasteiger partial charge in [-0.05, 0) is 49.4 Å². The molecule has 3 aromatic rings. The van der Waals surface area contributed by atoms with E-state index in [4.69, 9.17) is 4.74 Å². The third-order valence-electron chi connectivity index (χ3n) is 3.70. The summed E-state index contributed by atoms with van der Waals surface area (Å²) in [6.45, 7) is 1.66. The normalized spacial score (nSPS) is 11.5. The van der Waals surface area contributed by atoms with E-state index >= 15 is 0 Å². The van der Waals surface area contributed by atoms with Gasteiger partial charge in [-0.1, -0.05) is 0 Å². The summed E-state index contributed by atoms with van der Waals surface area (Å²) in [5.41, 5.74) is 1.18. The van der Waals surface area contributed by atoms with Gasteiger partial charge in [-0.3, -0.25) is 9.52 Å². The molecular formula is C17H15FN2O4S. The monoisotopic (exact) mass is 362 g/mol. The molecule has 0 aliphatic heterocycles. The van der Waals surface area contributed by atoms with E-state index < -0.39 is 15.8 Å². The molecule has 6 nitrogen and oxygen atoms in total. The van der Waals surface area contributed by atoms with Crippen LogP contribution in [-0.4, -0.2) is 20.5 Å². The molecule has 0 aliphatic rings. The maximum atomic E-state index is 13.5. The quantitative estimate of drug-likeness (QED) is 0.747. The number of H-pyrrole nitrogens is 1. The SMILES string of the molecule is COc1ccc(F)cc1S(=O)(=O)Nc1ccc2[nH]c(=O)c(C)cc2c1. The summed E-state index contributed by atoms with van der Waals surface area (Å²) in [4.78, 5) is 14.0. The van der Waals surface area contributed by atoms with E-state index in [1.165, 1.54) is 19.2 Å². The zero-order chi connectivity index (χ0) is 18.2. The molecule has 2 aromatic carbocycles. The topological polar surface area (TPSA) is 88.3 Å². The van der Waals surface area contributed by atoms with Crippen molar-refractivity contribution in [1.82, 2.24) is 4.98 Å². The van der Waals surface area contributed by atoms with Gasteiger partial charge < -0.3 is 9.72 Å². The molecule has 0 radical (unpaired) electrons. The van der Waals surface area contributed by atoms with E-state index in [-0.39, 0.29) is 21.9 Å². The second-order valence-corrected chi connectivity index (χ2v) is 7.14. The van der Waals surface area contributed by atoms with Crippen LogP contribution in [0.15, 0.2) is 52.2 Å². The average Bonchev–Trinajstić information content (AvgIpc) is 2.56. The first-order valence-electron chi connectivity index (χ1n) is 7.30. The summed E-state index contributed by atoms with van der Waals surface area (Å²) in [6, 6.07) is 9.61. The number of benzene rings is 2. The second-order valence-electron chi connectivity index (χ2n) is 5.48. The Hall–Kier alpha value is -2.87. The van der Waals surface area contributed by atoms with E-state index in [1.54, 1.807) is 25.1 Å². The van der Waals surface area contributed by atoms with Crippen LogP contribution in [0.4, 0.5) is 10.1 Å². The summed E-state index contributed by atoms with van der Waals surface area (Å²) in [6.07, 6.45) is 0. The lowest BCUT2D eigenvalue weighted by molar-refractivity contribution is 0.401. The molecule has 0 spiro atoms. The highest BCUT2D eigenvalue weighted by Gasteiger charge is 2.20. The zero-order valence-electron chi connectivity index (χ0n) is 13.5. The third-order valence-corrected chi connectivity index (χ3v) is 5.10. The fourth-order valence-corrected chi connectivity index (χ4v) is 3.68. The van der Waals surface area contributed by atoms with E-state index in [0.717, 1.165) is 12.1 Å². The first kappa shape index (κ1) is 17.0. The largest absolute Gasteiger partial charge is 0.495 e. The standard InChI is InChI=1S/C17H15FN2O4S/c1-10-7-11-8-13(4-5-14(11)19-17(10)21)20-25(22,23)16-9-12(18)3-6-15(16)24-2/h3-9,20H,1-2H3,(H,19,21). The molecule has 2 N–H and O–H groups in total. The van der Waals surface area contributed by atoms with Gasteiger partial charge in [0.05, 0.1) is 7.11 Å². The second kappa shape index (κ2) is 6.21.